The lowest BCUT2D eigenvalue weighted by Crippen LogP contribution is -2.54. The summed E-state index contributed by atoms with van der Waals surface area (Å²) >= 11 is 1.52. The van der Waals surface area contributed by atoms with Crippen molar-refractivity contribution in [3.8, 4) is 22.2 Å². The second kappa shape index (κ2) is 14.7. The van der Waals surface area contributed by atoms with Crippen molar-refractivity contribution in [3.63, 3.8) is 0 Å². The van der Waals surface area contributed by atoms with Gasteiger partial charge in [-0.1, -0.05) is 32.9 Å². The van der Waals surface area contributed by atoms with Crippen molar-refractivity contribution in [1.82, 2.24) is 24.9 Å². The minimum absolute atomic E-state index is 0.145. The third kappa shape index (κ3) is 7.41. The van der Waals surface area contributed by atoms with Gasteiger partial charge in [0, 0.05) is 41.9 Å². The highest BCUT2D eigenvalue weighted by Crippen LogP contribution is 2.47. The molecule has 3 aliphatic carbocycles. The Morgan fingerprint density at radius 3 is 2.60 bits per heavy atom. The molecule has 284 valence electrons. The van der Waals surface area contributed by atoms with E-state index in [4.69, 9.17) is 19.4 Å². The van der Waals surface area contributed by atoms with Crippen LogP contribution in [0.4, 0.5) is 0 Å². The summed E-state index contributed by atoms with van der Waals surface area (Å²) in [7, 11) is -0.423. The number of benzene rings is 1. The Hall–Kier alpha value is -4.04. The molecule has 53 heavy (non-hydrogen) atoms. The van der Waals surface area contributed by atoms with Crippen molar-refractivity contribution in [2.24, 2.45) is 17.8 Å². The maximum Gasteiger partial charge on any atom is 0.259 e. The van der Waals surface area contributed by atoms with Crippen LogP contribution in [0.2, 0.25) is 0 Å². The molecule has 3 amide bonds. The number of nitrogens with one attached hydrogen (secondary N) is 2. The first-order chi connectivity index (χ1) is 25.3. The summed E-state index contributed by atoms with van der Waals surface area (Å²) in [6.45, 7) is 6.81. The number of rotatable bonds is 9. The minimum atomic E-state index is -3.83. The fourth-order valence-electron chi connectivity index (χ4n) is 7.78. The first-order valence-corrected chi connectivity index (χ1v) is 21.2. The molecular weight excluding hydrogens is 715 g/mol. The number of pyridine rings is 1. The van der Waals surface area contributed by atoms with E-state index in [2.05, 4.69) is 30.8 Å². The molecule has 5 atom stereocenters. The fourth-order valence-corrected chi connectivity index (χ4v) is 10.1. The van der Waals surface area contributed by atoms with E-state index in [-0.39, 0.29) is 30.6 Å². The average Bonchev–Trinajstić information content (AvgIpc) is 4.01. The molecular formula is C39H49N5O7S2. The van der Waals surface area contributed by atoms with Crippen LogP contribution in [0.1, 0.15) is 89.3 Å². The number of nitrogens with zero attached hydrogens (tertiary/aromatic N) is 3. The molecule has 1 aromatic carbocycles. The van der Waals surface area contributed by atoms with Gasteiger partial charge < -0.3 is 19.7 Å². The number of methoxy groups -OCH3 is 1. The second-order valence-electron chi connectivity index (χ2n) is 15.3. The molecule has 14 heteroatoms. The van der Waals surface area contributed by atoms with E-state index < -0.39 is 50.6 Å². The van der Waals surface area contributed by atoms with E-state index in [1.54, 1.807) is 19.1 Å². The van der Waals surface area contributed by atoms with Crippen molar-refractivity contribution in [2.45, 2.75) is 101 Å². The standard InChI is InChI=1S/C39H49N5O7S2/c1-6-26-32(50-5)15-14-27-33(19-30(40-34(26)27)36-41-31(21-52-36)22(2)3)51-24-17-28-29(18-24)37(46)44(4)16-10-8-7-9-11-23-20-39(23,42-35(28)45)38(47)43-53(48,49)25-12-13-25/h9,11,14-15,19,21-25,28-29H,6-8,10,12-13,16-18,20H2,1-5H3,(H,42,45)(H,43,47)/b11-9-/t23-,24+,28+,29+,39+/m0/s1. The summed E-state index contributed by atoms with van der Waals surface area (Å²) in [6.07, 6.45) is 8.30. The lowest BCUT2D eigenvalue weighted by Gasteiger charge is -2.26. The molecule has 0 unspecified atom stereocenters. The first-order valence-electron chi connectivity index (χ1n) is 18.8. The highest BCUT2D eigenvalue weighted by molar-refractivity contribution is 7.91. The predicted molar refractivity (Wildman–Crippen MR) is 203 cm³/mol. The zero-order valence-electron chi connectivity index (χ0n) is 31.0. The zero-order chi connectivity index (χ0) is 37.7. The summed E-state index contributed by atoms with van der Waals surface area (Å²) in [4.78, 5) is 53.7. The van der Waals surface area contributed by atoms with Crippen LogP contribution in [-0.2, 0) is 30.8 Å². The van der Waals surface area contributed by atoms with Crippen molar-refractivity contribution < 1.29 is 32.3 Å². The number of thiazole rings is 1. The van der Waals surface area contributed by atoms with Crippen LogP contribution < -0.4 is 19.5 Å². The van der Waals surface area contributed by atoms with Gasteiger partial charge in [0.05, 0.1) is 35.4 Å². The number of ether oxygens (including phenoxy) is 2. The van der Waals surface area contributed by atoms with Crippen LogP contribution in [0.25, 0.3) is 21.6 Å². The Morgan fingerprint density at radius 2 is 1.91 bits per heavy atom. The van der Waals surface area contributed by atoms with E-state index in [9.17, 15) is 22.8 Å². The molecule has 3 aromatic rings. The van der Waals surface area contributed by atoms with Crippen molar-refractivity contribution >= 4 is 50.0 Å². The molecule has 7 rings (SSSR count). The Bertz CT molecular complexity index is 2060. The number of aromatic nitrogens is 2. The molecule has 4 aliphatic rings. The molecule has 3 fully saturated rings. The summed E-state index contributed by atoms with van der Waals surface area (Å²) in [6, 6.07) is 5.73. The zero-order valence-corrected chi connectivity index (χ0v) is 32.6. The van der Waals surface area contributed by atoms with Crippen LogP contribution in [0.5, 0.6) is 11.5 Å². The molecule has 0 saturated heterocycles. The highest BCUT2D eigenvalue weighted by Gasteiger charge is 2.62. The summed E-state index contributed by atoms with van der Waals surface area (Å²) in [5.41, 5.74) is 1.93. The number of hydrogen-bond acceptors (Lipinski definition) is 10. The molecule has 0 bridgehead atoms. The number of allylic oxidation sites excluding steroid dienone is 1. The molecule has 2 N–H and O–H groups in total. The largest absolute Gasteiger partial charge is 0.496 e. The topological polar surface area (TPSA) is 157 Å². The highest BCUT2D eigenvalue weighted by atomic mass is 32.2. The Labute approximate surface area is 315 Å². The maximum absolute atomic E-state index is 14.3. The molecule has 1 aliphatic heterocycles. The summed E-state index contributed by atoms with van der Waals surface area (Å²) in [5, 5.41) is 5.99. The van der Waals surface area contributed by atoms with Crippen LogP contribution in [0.3, 0.4) is 0 Å². The van der Waals surface area contributed by atoms with Gasteiger partial charge in [-0.15, -0.1) is 11.3 Å². The third-order valence-corrected chi connectivity index (χ3v) is 13.9. The second-order valence-corrected chi connectivity index (χ2v) is 18.1. The van der Waals surface area contributed by atoms with Crippen molar-refractivity contribution in [2.75, 3.05) is 20.7 Å². The van der Waals surface area contributed by atoms with Crippen LogP contribution >= 0.6 is 11.3 Å². The third-order valence-electron chi connectivity index (χ3n) is 11.2. The van der Waals surface area contributed by atoms with Gasteiger partial charge in [-0.2, -0.15) is 0 Å². The fraction of sp³-hybridized carbons (Fsp3) is 0.564. The Morgan fingerprint density at radius 1 is 1.13 bits per heavy atom. The number of carbonyl (C=O) groups is 3. The van der Waals surface area contributed by atoms with Gasteiger partial charge in [-0.3, -0.25) is 19.1 Å². The number of fused-ring (bicyclic) bond motifs is 3. The van der Waals surface area contributed by atoms with E-state index >= 15 is 0 Å². The number of amides is 3. The monoisotopic (exact) mass is 763 g/mol. The first kappa shape index (κ1) is 37.3. The smallest absolute Gasteiger partial charge is 0.259 e. The van der Waals surface area contributed by atoms with E-state index in [1.165, 1.54) is 11.3 Å². The normalized spacial score (nSPS) is 27.1. The maximum atomic E-state index is 14.3. The van der Waals surface area contributed by atoms with Crippen LogP contribution in [0, 0.1) is 17.8 Å². The quantitative estimate of drug-likeness (QED) is 0.269. The van der Waals surface area contributed by atoms with Crippen LogP contribution in [0.15, 0.2) is 35.7 Å². The molecule has 0 spiro atoms. The number of carbonyl (C=O) groups excluding carboxylic acids is 3. The van der Waals surface area contributed by atoms with Crippen LogP contribution in [-0.4, -0.2) is 78.6 Å². The molecule has 3 heterocycles. The summed E-state index contributed by atoms with van der Waals surface area (Å²) < 4.78 is 40.4. The van der Waals surface area contributed by atoms with E-state index in [0.29, 0.717) is 43.7 Å². The van der Waals surface area contributed by atoms with Gasteiger partial charge in [0.15, 0.2) is 0 Å². The van der Waals surface area contributed by atoms with Gasteiger partial charge in [0.2, 0.25) is 21.8 Å². The van der Waals surface area contributed by atoms with Gasteiger partial charge in [0.25, 0.3) is 5.91 Å². The lowest BCUT2D eigenvalue weighted by molar-refractivity contribution is -0.140. The minimum Gasteiger partial charge on any atom is -0.496 e. The van der Waals surface area contributed by atoms with E-state index in [1.807, 2.05) is 35.7 Å². The average molecular weight is 764 g/mol. The number of sulfonamides is 1. The van der Waals surface area contributed by atoms with Crippen molar-refractivity contribution in [1.29, 1.82) is 0 Å². The molecule has 12 nitrogen and oxygen atoms in total. The van der Waals surface area contributed by atoms with Gasteiger partial charge in [-0.25, -0.2) is 18.4 Å². The summed E-state index contributed by atoms with van der Waals surface area (Å²) in [5.74, 6) is -1.58. The number of aryl methyl sites for hydroxylation is 1. The SMILES string of the molecule is CCc1c(OC)ccc2c(O[C@@H]3C[C@H]4C(=O)N[C@]5(C(=O)NS(=O)(=O)C6CC6)C[C@@H]5/C=C\CCCCN(C)C(=O)[C@@H]4C3)cc(-c3nc(C(C)C)cs3)nc12. The lowest BCUT2D eigenvalue weighted by atomic mass is 9.93. The van der Waals surface area contributed by atoms with Crippen molar-refractivity contribution in [3.05, 3.63) is 47.0 Å². The Kier molecular flexibility index (Phi) is 10.3. The Balaban J connectivity index is 1.22. The molecule has 0 radical (unpaired) electrons. The predicted octanol–water partition coefficient (Wildman–Crippen LogP) is 5.51. The van der Waals surface area contributed by atoms with Gasteiger partial charge >= 0.3 is 0 Å². The number of hydrogen-bond donors (Lipinski definition) is 2. The van der Waals surface area contributed by atoms with Gasteiger partial charge in [-0.05, 0) is 75.8 Å². The molecule has 3 saturated carbocycles. The van der Waals surface area contributed by atoms with E-state index in [0.717, 1.165) is 52.2 Å². The van der Waals surface area contributed by atoms with Gasteiger partial charge in [0.1, 0.15) is 33.8 Å². The molecule has 2 aromatic heterocycles.